The van der Waals surface area contributed by atoms with Gasteiger partial charge in [-0.3, -0.25) is 15.1 Å². The molecular formula is C28H27N11O2. The predicted octanol–water partition coefficient (Wildman–Crippen LogP) is 3.50. The SMILES string of the molecule is CN(CCN(C)c1ncc(C(=O)NO)cn1)c1ccc(Nc2nc(-c3ccc4cn[nH]c4c3)cn3ccnc23)cc1. The summed E-state index contributed by atoms with van der Waals surface area (Å²) in [7, 11) is 3.90. The van der Waals surface area contributed by atoms with Gasteiger partial charge in [-0.05, 0) is 30.3 Å². The highest BCUT2D eigenvalue weighted by Gasteiger charge is 2.12. The molecule has 0 spiro atoms. The van der Waals surface area contributed by atoms with Gasteiger partial charge in [0.1, 0.15) is 0 Å². The third-order valence-corrected chi connectivity index (χ3v) is 6.80. The molecule has 6 rings (SSSR count). The monoisotopic (exact) mass is 549 g/mol. The van der Waals surface area contributed by atoms with E-state index in [1.807, 2.05) is 78.3 Å². The number of amides is 1. The molecule has 4 N–H and O–H groups in total. The number of imidazole rings is 1. The quantitative estimate of drug-likeness (QED) is 0.156. The third kappa shape index (κ3) is 5.33. The van der Waals surface area contributed by atoms with Crippen molar-refractivity contribution in [3.8, 4) is 11.3 Å². The molecule has 0 fully saturated rings. The normalized spacial score (nSPS) is 11.1. The minimum absolute atomic E-state index is 0.182. The van der Waals surface area contributed by atoms with E-state index in [0.29, 0.717) is 24.9 Å². The van der Waals surface area contributed by atoms with Crippen molar-refractivity contribution in [3.63, 3.8) is 0 Å². The van der Waals surface area contributed by atoms with Crippen molar-refractivity contribution < 1.29 is 10.0 Å². The van der Waals surface area contributed by atoms with Crippen molar-refractivity contribution in [2.75, 3.05) is 42.3 Å². The molecule has 41 heavy (non-hydrogen) atoms. The van der Waals surface area contributed by atoms with E-state index in [2.05, 4.69) is 35.4 Å². The van der Waals surface area contributed by atoms with Gasteiger partial charge in [-0.25, -0.2) is 25.4 Å². The molecule has 13 heteroatoms. The maximum Gasteiger partial charge on any atom is 0.277 e. The van der Waals surface area contributed by atoms with E-state index < -0.39 is 5.91 Å². The fourth-order valence-electron chi connectivity index (χ4n) is 4.42. The Morgan fingerprint density at radius 3 is 2.56 bits per heavy atom. The van der Waals surface area contributed by atoms with Gasteiger partial charge in [0.05, 0.1) is 23.0 Å². The van der Waals surface area contributed by atoms with Crippen LogP contribution in [0.1, 0.15) is 10.4 Å². The van der Waals surface area contributed by atoms with Crippen LogP contribution in [-0.4, -0.2) is 72.8 Å². The van der Waals surface area contributed by atoms with Gasteiger partial charge in [0, 0.05) is 80.5 Å². The first-order chi connectivity index (χ1) is 20.0. The molecule has 1 amide bonds. The summed E-state index contributed by atoms with van der Waals surface area (Å²) in [4.78, 5) is 33.3. The molecule has 0 saturated heterocycles. The number of hydrogen-bond acceptors (Lipinski definition) is 10. The van der Waals surface area contributed by atoms with Gasteiger partial charge in [0.25, 0.3) is 5.91 Å². The molecular weight excluding hydrogens is 522 g/mol. The molecule has 0 aliphatic rings. The summed E-state index contributed by atoms with van der Waals surface area (Å²) in [5.41, 5.74) is 7.15. The number of carbonyl (C=O) groups excluding carboxylic acids is 1. The summed E-state index contributed by atoms with van der Waals surface area (Å²) in [6, 6.07) is 14.2. The number of fused-ring (bicyclic) bond motifs is 2. The van der Waals surface area contributed by atoms with Crippen LogP contribution in [0.2, 0.25) is 0 Å². The Kier molecular flexibility index (Phi) is 6.83. The summed E-state index contributed by atoms with van der Waals surface area (Å²) < 4.78 is 1.96. The largest absolute Gasteiger partial charge is 0.373 e. The topological polar surface area (TPSA) is 152 Å². The minimum Gasteiger partial charge on any atom is -0.373 e. The summed E-state index contributed by atoms with van der Waals surface area (Å²) in [6.45, 7) is 1.37. The number of hydrogen-bond donors (Lipinski definition) is 4. The molecule has 13 nitrogen and oxygen atoms in total. The molecule has 0 atom stereocenters. The predicted molar refractivity (Wildman–Crippen MR) is 156 cm³/mol. The van der Waals surface area contributed by atoms with E-state index in [-0.39, 0.29) is 5.56 Å². The van der Waals surface area contributed by atoms with Crippen molar-refractivity contribution in [2.45, 2.75) is 0 Å². The Morgan fingerprint density at radius 1 is 1.00 bits per heavy atom. The van der Waals surface area contributed by atoms with Crippen LogP contribution in [0.3, 0.4) is 0 Å². The standard InChI is InChI=1S/C28H27N11O2/c1-37(11-12-38(2)28-30-14-20(15-31-28)27(40)36-41)22-7-5-21(6-8-22)33-25-26-29-9-10-39(26)17-24(34-25)18-3-4-19-16-32-35-23(19)13-18/h3-10,13-17,41H,11-12H2,1-2H3,(H,32,35)(H,33,34)(H,36,40). The summed E-state index contributed by atoms with van der Waals surface area (Å²) >= 11 is 0. The first kappa shape index (κ1) is 25.7. The number of nitrogens with one attached hydrogen (secondary N) is 3. The number of H-pyrrole nitrogens is 1. The Bertz CT molecular complexity index is 1810. The van der Waals surface area contributed by atoms with Crippen molar-refractivity contribution in [1.29, 1.82) is 0 Å². The highest BCUT2D eigenvalue weighted by Crippen LogP contribution is 2.27. The average Bonchev–Trinajstić information content (AvgIpc) is 3.69. The molecule has 0 saturated carbocycles. The number of nitrogens with zero attached hydrogens (tertiary/aromatic N) is 8. The Morgan fingerprint density at radius 2 is 1.78 bits per heavy atom. The van der Waals surface area contributed by atoms with E-state index in [1.165, 1.54) is 12.4 Å². The lowest BCUT2D eigenvalue weighted by Gasteiger charge is -2.24. The highest BCUT2D eigenvalue weighted by molar-refractivity contribution is 5.92. The molecule has 6 aromatic rings. The molecule has 0 radical (unpaired) electrons. The number of aromatic amines is 1. The lowest BCUT2D eigenvalue weighted by Crippen LogP contribution is -2.31. The van der Waals surface area contributed by atoms with E-state index in [0.717, 1.165) is 39.2 Å². The molecule has 0 unspecified atom stereocenters. The van der Waals surface area contributed by atoms with Crippen LogP contribution in [0.4, 0.5) is 23.1 Å². The number of carbonyl (C=O) groups is 1. The first-order valence-electron chi connectivity index (χ1n) is 12.8. The number of aromatic nitrogens is 7. The molecule has 0 aliphatic carbocycles. The van der Waals surface area contributed by atoms with E-state index in [1.54, 1.807) is 17.9 Å². The van der Waals surface area contributed by atoms with E-state index in [9.17, 15) is 4.79 Å². The molecule has 4 heterocycles. The van der Waals surface area contributed by atoms with Gasteiger partial charge in [-0.2, -0.15) is 5.10 Å². The van der Waals surface area contributed by atoms with Crippen molar-refractivity contribution >= 4 is 45.6 Å². The second-order valence-electron chi connectivity index (χ2n) is 9.53. The Hall–Kier alpha value is -5.56. The first-order valence-corrected chi connectivity index (χ1v) is 12.8. The van der Waals surface area contributed by atoms with Crippen LogP contribution in [0.15, 0.2) is 79.6 Å². The van der Waals surface area contributed by atoms with Gasteiger partial charge < -0.3 is 19.5 Å². The fourth-order valence-corrected chi connectivity index (χ4v) is 4.42. The summed E-state index contributed by atoms with van der Waals surface area (Å²) in [6.07, 6.45) is 10.2. The second kappa shape index (κ2) is 10.9. The van der Waals surface area contributed by atoms with Crippen LogP contribution in [0.25, 0.3) is 27.8 Å². The third-order valence-electron chi connectivity index (χ3n) is 6.80. The van der Waals surface area contributed by atoms with Crippen LogP contribution in [0, 0.1) is 0 Å². The second-order valence-corrected chi connectivity index (χ2v) is 9.53. The average molecular weight is 550 g/mol. The number of rotatable bonds is 9. The maximum absolute atomic E-state index is 11.5. The molecule has 206 valence electrons. The molecule has 2 aromatic carbocycles. The zero-order valence-corrected chi connectivity index (χ0v) is 22.4. The van der Waals surface area contributed by atoms with Crippen molar-refractivity contribution in [3.05, 3.63) is 85.2 Å². The maximum atomic E-state index is 11.5. The Balaban J connectivity index is 1.13. The van der Waals surface area contributed by atoms with Gasteiger partial charge in [0.2, 0.25) is 5.95 Å². The number of likely N-dealkylation sites (N-methyl/N-ethyl adjacent to an activating group) is 2. The lowest BCUT2D eigenvalue weighted by atomic mass is 10.1. The minimum atomic E-state index is -0.651. The van der Waals surface area contributed by atoms with Gasteiger partial charge in [0.15, 0.2) is 11.5 Å². The van der Waals surface area contributed by atoms with Crippen LogP contribution in [0.5, 0.6) is 0 Å². The molecule has 0 bridgehead atoms. The van der Waals surface area contributed by atoms with Crippen molar-refractivity contribution in [2.24, 2.45) is 0 Å². The van der Waals surface area contributed by atoms with Gasteiger partial charge in [-0.1, -0.05) is 12.1 Å². The molecule has 4 aromatic heterocycles. The number of anilines is 4. The van der Waals surface area contributed by atoms with Crippen LogP contribution < -0.4 is 20.6 Å². The smallest absolute Gasteiger partial charge is 0.277 e. The van der Waals surface area contributed by atoms with Crippen molar-refractivity contribution in [1.82, 2.24) is 40.0 Å². The van der Waals surface area contributed by atoms with Gasteiger partial charge in [-0.15, -0.1) is 0 Å². The number of hydroxylamine groups is 1. The van der Waals surface area contributed by atoms with Crippen LogP contribution >= 0.6 is 0 Å². The highest BCUT2D eigenvalue weighted by atomic mass is 16.5. The van der Waals surface area contributed by atoms with Crippen LogP contribution in [-0.2, 0) is 0 Å². The number of benzene rings is 2. The summed E-state index contributed by atoms with van der Waals surface area (Å²) in [5.74, 6) is 0.487. The fraction of sp³-hybridized carbons (Fsp3) is 0.143. The lowest BCUT2D eigenvalue weighted by molar-refractivity contribution is 0.0705. The molecule has 0 aliphatic heterocycles. The zero-order valence-electron chi connectivity index (χ0n) is 22.4. The Labute approximate surface area is 234 Å². The zero-order chi connectivity index (χ0) is 28.3. The van der Waals surface area contributed by atoms with E-state index in [4.69, 9.17) is 10.2 Å². The van der Waals surface area contributed by atoms with Gasteiger partial charge >= 0.3 is 0 Å². The summed E-state index contributed by atoms with van der Waals surface area (Å²) in [5, 5.41) is 20.3. The van der Waals surface area contributed by atoms with E-state index >= 15 is 0 Å².